The largest absolute Gasteiger partial charge is 0.461 e. The highest BCUT2D eigenvalue weighted by Crippen LogP contribution is 2.27. The van der Waals surface area contributed by atoms with Crippen LogP contribution in [0.15, 0.2) is 74.4 Å². The van der Waals surface area contributed by atoms with Gasteiger partial charge in [-0.05, 0) is 36.0 Å². The van der Waals surface area contributed by atoms with Crippen LogP contribution in [-0.4, -0.2) is 34.5 Å². The Morgan fingerprint density at radius 1 is 1.11 bits per heavy atom. The molecule has 9 nitrogen and oxygen atoms in total. The fourth-order valence-electron chi connectivity index (χ4n) is 2.82. The van der Waals surface area contributed by atoms with E-state index in [9.17, 15) is 4.79 Å². The maximum Gasteiger partial charge on any atom is 0.262 e. The van der Waals surface area contributed by atoms with Crippen LogP contribution in [0.4, 0.5) is 0 Å². The maximum absolute atomic E-state index is 12.5. The fraction of sp³-hybridized carbons (Fsp3) is 0.0556. The van der Waals surface area contributed by atoms with E-state index in [1.54, 1.807) is 21.6 Å². The number of nitrogens with zero attached hydrogens (tertiary/aromatic N) is 6. The standard InChI is InChI=1S/C18H13N7O2S/c1-24-15(13-8-5-9-27-13)22-23-18(24)28-17-20-14-12(16(26)21-17)10-19-25(14)11-6-3-2-4-7-11/h2-10H,1H3,(H,20,21,26). The molecule has 4 aromatic heterocycles. The number of para-hydroxylation sites is 1. The van der Waals surface area contributed by atoms with Crippen molar-refractivity contribution in [2.75, 3.05) is 0 Å². The summed E-state index contributed by atoms with van der Waals surface area (Å²) < 4.78 is 8.80. The third-order valence-electron chi connectivity index (χ3n) is 4.18. The second-order valence-corrected chi connectivity index (χ2v) is 6.90. The molecule has 0 spiro atoms. The van der Waals surface area contributed by atoms with Gasteiger partial charge >= 0.3 is 0 Å². The number of nitrogens with one attached hydrogen (secondary N) is 1. The Kier molecular flexibility index (Phi) is 3.83. The number of hydrogen-bond acceptors (Lipinski definition) is 7. The molecule has 1 aromatic carbocycles. The van der Waals surface area contributed by atoms with Gasteiger partial charge in [0.15, 0.2) is 27.5 Å². The van der Waals surface area contributed by atoms with E-state index in [2.05, 4.69) is 25.3 Å². The number of fused-ring (bicyclic) bond motifs is 1. The van der Waals surface area contributed by atoms with Gasteiger partial charge in [-0.15, -0.1) is 10.2 Å². The van der Waals surface area contributed by atoms with Crippen LogP contribution in [0, 0.1) is 0 Å². The number of H-pyrrole nitrogens is 1. The lowest BCUT2D eigenvalue weighted by molar-refractivity contribution is 0.572. The first-order valence-corrected chi connectivity index (χ1v) is 9.17. The molecule has 1 N–H and O–H groups in total. The summed E-state index contributed by atoms with van der Waals surface area (Å²) in [5.74, 6) is 1.20. The molecule has 5 aromatic rings. The van der Waals surface area contributed by atoms with Crippen molar-refractivity contribution in [1.29, 1.82) is 0 Å². The van der Waals surface area contributed by atoms with E-state index in [0.717, 1.165) is 5.69 Å². The van der Waals surface area contributed by atoms with Crippen LogP contribution in [-0.2, 0) is 7.05 Å². The Hall–Kier alpha value is -3.66. The van der Waals surface area contributed by atoms with Crippen molar-refractivity contribution in [1.82, 2.24) is 34.5 Å². The number of aromatic amines is 1. The zero-order valence-corrected chi connectivity index (χ0v) is 15.4. The summed E-state index contributed by atoms with van der Waals surface area (Å²) in [6.07, 6.45) is 3.09. The van der Waals surface area contributed by atoms with E-state index >= 15 is 0 Å². The molecule has 4 heterocycles. The second-order valence-electron chi connectivity index (χ2n) is 5.94. The number of hydrogen-bond donors (Lipinski definition) is 1. The quantitative estimate of drug-likeness (QED) is 0.469. The van der Waals surface area contributed by atoms with Gasteiger partial charge in [0.1, 0.15) is 5.39 Å². The van der Waals surface area contributed by atoms with Gasteiger partial charge in [-0.1, -0.05) is 18.2 Å². The molecule has 0 radical (unpaired) electrons. The Labute approximate surface area is 162 Å². The molecular weight excluding hydrogens is 378 g/mol. The topological polar surface area (TPSA) is 107 Å². The highest BCUT2D eigenvalue weighted by Gasteiger charge is 2.17. The minimum absolute atomic E-state index is 0.261. The van der Waals surface area contributed by atoms with E-state index in [4.69, 9.17) is 4.42 Å². The van der Waals surface area contributed by atoms with Gasteiger partial charge in [-0.2, -0.15) is 5.10 Å². The summed E-state index contributed by atoms with van der Waals surface area (Å²) in [6.45, 7) is 0. The van der Waals surface area contributed by atoms with Crippen LogP contribution < -0.4 is 5.56 Å². The third-order valence-corrected chi connectivity index (χ3v) is 5.11. The number of rotatable bonds is 4. The van der Waals surface area contributed by atoms with Crippen molar-refractivity contribution in [3.8, 4) is 17.3 Å². The summed E-state index contributed by atoms with van der Waals surface area (Å²) >= 11 is 1.21. The predicted molar refractivity (Wildman–Crippen MR) is 102 cm³/mol. The molecule has 0 atom stereocenters. The molecule has 0 aliphatic rings. The average molecular weight is 391 g/mol. The van der Waals surface area contributed by atoms with Crippen molar-refractivity contribution in [2.45, 2.75) is 10.3 Å². The summed E-state index contributed by atoms with van der Waals surface area (Å²) in [6, 6.07) is 13.1. The summed E-state index contributed by atoms with van der Waals surface area (Å²) in [7, 11) is 1.82. The molecule has 0 bridgehead atoms. The smallest absolute Gasteiger partial charge is 0.262 e. The van der Waals surface area contributed by atoms with E-state index in [1.807, 2.05) is 43.4 Å². The monoisotopic (exact) mass is 391 g/mol. The molecule has 0 saturated carbocycles. The first-order valence-electron chi connectivity index (χ1n) is 8.35. The Morgan fingerprint density at radius 3 is 2.75 bits per heavy atom. The van der Waals surface area contributed by atoms with E-state index in [0.29, 0.717) is 32.9 Å². The number of benzene rings is 1. The molecule has 138 valence electrons. The van der Waals surface area contributed by atoms with Crippen molar-refractivity contribution in [2.24, 2.45) is 7.05 Å². The molecule has 28 heavy (non-hydrogen) atoms. The fourth-order valence-corrected chi connectivity index (χ4v) is 3.57. The van der Waals surface area contributed by atoms with Crippen LogP contribution >= 0.6 is 11.8 Å². The minimum atomic E-state index is -0.261. The Morgan fingerprint density at radius 2 is 1.96 bits per heavy atom. The SMILES string of the molecule is Cn1c(Sc2nc3c(cnn3-c3ccccc3)c(=O)[nH]2)nnc1-c1ccco1. The first kappa shape index (κ1) is 16.5. The Balaban J connectivity index is 1.56. The normalized spacial score (nSPS) is 11.3. The molecule has 0 unspecified atom stereocenters. The van der Waals surface area contributed by atoms with Gasteiger partial charge in [0.05, 0.1) is 18.1 Å². The molecular formula is C18H13N7O2S. The van der Waals surface area contributed by atoms with Crippen molar-refractivity contribution < 1.29 is 4.42 Å². The van der Waals surface area contributed by atoms with Crippen molar-refractivity contribution >= 4 is 22.8 Å². The van der Waals surface area contributed by atoms with E-state index in [1.165, 1.54) is 18.0 Å². The first-order chi connectivity index (χ1) is 13.7. The van der Waals surface area contributed by atoms with Gasteiger partial charge in [0.25, 0.3) is 5.56 Å². The van der Waals surface area contributed by atoms with Crippen LogP contribution in [0.25, 0.3) is 28.3 Å². The lowest BCUT2D eigenvalue weighted by Gasteiger charge is -2.04. The van der Waals surface area contributed by atoms with Crippen LogP contribution in [0.5, 0.6) is 0 Å². The third kappa shape index (κ3) is 2.70. The molecule has 0 amide bonds. The minimum Gasteiger partial charge on any atom is -0.461 e. The highest BCUT2D eigenvalue weighted by molar-refractivity contribution is 7.99. The molecule has 5 rings (SSSR count). The summed E-state index contributed by atoms with van der Waals surface area (Å²) in [4.78, 5) is 19.8. The lowest BCUT2D eigenvalue weighted by Crippen LogP contribution is -2.10. The van der Waals surface area contributed by atoms with Gasteiger partial charge in [-0.25, -0.2) is 9.67 Å². The molecule has 0 fully saturated rings. The van der Waals surface area contributed by atoms with E-state index in [-0.39, 0.29) is 5.56 Å². The zero-order valence-electron chi connectivity index (χ0n) is 14.6. The van der Waals surface area contributed by atoms with Crippen molar-refractivity contribution in [3.05, 3.63) is 65.3 Å². The molecule has 0 saturated heterocycles. The zero-order chi connectivity index (χ0) is 19.1. The van der Waals surface area contributed by atoms with Gasteiger partial charge < -0.3 is 14.0 Å². The van der Waals surface area contributed by atoms with Gasteiger partial charge in [-0.3, -0.25) is 4.79 Å². The maximum atomic E-state index is 12.5. The van der Waals surface area contributed by atoms with Crippen LogP contribution in [0.1, 0.15) is 0 Å². The Bertz CT molecular complexity index is 1320. The average Bonchev–Trinajstić information content (AvgIpc) is 3.44. The number of aromatic nitrogens is 7. The molecule has 0 aliphatic heterocycles. The van der Waals surface area contributed by atoms with Crippen molar-refractivity contribution in [3.63, 3.8) is 0 Å². The predicted octanol–water partition coefficient (Wildman–Crippen LogP) is 2.65. The number of furan rings is 1. The lowest BCUT2D eigenvalue weighted by atomic mass is 10.3. The van der Waals surface area contributed by atoms with E-state index < -0.39 is 0 Å². The van der Waals surface area contributed by atoms with Gasteiger partial charge in [0.2, 0.25) is 0 Å². The molecule has 0 aliphatic carbocycles. The molecule has 10 heteroatoms. The van der Waals surface area contributed by atoms with Gasteiger partial charge in [0, 0.05) is 7.05 Å². The summed E-state index contributed by atoms with van der Waals surface area (Å²) in [5, 5.41) is 14.0. The second kappa shape index (κ2) is 6.50. The van der Waals surface area contributed by atoms with Crippen LogP contribution in [0.3, 0.4) is 0 Å². The van der Waals surface area contributed by atoms with Crippen LogP contribution in [0.2, 0.25) is 0 Å². The highest BCUT2D eigenvalue weighted by atomic mass is 32.2. The summed E-state index contributed by atoms with van der Waals surface area (Å²) in [5.41, 5.74) is 1.04.